The van der Waals surface area contributed by atoms with Gasteiger partial charge in [-0.25, -0.2) is 0 Å². The SMILES string of the molecule is CCc1nn(C)c(CC(C)(CBr)C2CC2)c1Br. The van der Waals surface area contributed by atoms with Crippen LogP contribution >= 0.6 is 31.9 Å². The van der Waals surface area contributed by atoms with E-state index in [1.807, 2.05) is 4.68 Å². The van der Waals surface area contributed by atoms with E-state index in [0.717, 1.165) is 24.1 Å². The molecule has 17 heavy (non-hydrogen) atoms. The van der Waals surface area contributed by atoms with Gasteiger partial charge < -0.3 is 0 Å². The van der Waals surface area contributed by atoms with Gasteiger partial charge in [-0.1, -0.05) is 29.8 Å². The molecule has 1 fully saturated rings. The van der Waals surface area contributed by atoms with Gasteiger partial charge in [-0.2, -0.15) is 5.10 Å². The molecule has 1 unspecified atom stereocenters. The number of rotatable bonds is 5. The Morgan fingerprint density at radius 3 is 2.53 bits per heavy atom. The Hall–Kier alpha value is 0.170. The maximum atomic E-state index is 4.58. The molecule has 4 heteroatoms. The first kappa shape index (κ1) is 13.6. The smallest absolute Gasteiger partial charge is 0.0766 e. The van der Waals surface area contributed by atoms with Crippen molar-refractivity contribution >= 4 is 31.9 Å². The minimum atomic E-state index is 0.376. The Balaban J connectivity index is 2.25. The van der Waals surface area contributed by atoms with Gasteiger partial charge >= 0.3 is 0 Å². The molecule has 2 rings (SSSR count). The van der Waals surface area contributed by atoms with Crippen LogP contribution in [0.5, 0.6) is 0 Å². The van der Waals surface area contributed by atoms with Gasteiger partial charge in [0, 0.05) is 12.4 Å². The minimum Gasteiger partial charge on any atom is -0.271 e. The molecule has 1 atom stereocenters. The molecule has 0 saturated heterocycles. The van der Waals surface area contributed by atoms with Crippen LogP contribution < -0.4 is 0 Å². The summed E-state index contributed by atoms with van der Waals surface area (Å²) in [5.41, 5.74) is 2.90. The molecular formula is C13H20Br2N2. The molecule has 1 aliphatic carbocycles. The summed E-state index contributed by atoms with van der Waals surface area (Å²) >= 11 is 7.41. The first-order chi connectivity index (χ1) is 8.01. The van der Waals surface area contributed by atoms with Gasteiger partial charge in [0.05, 0.1) is 15.9 Å². The highest BCUT2D eigenvalue weighted by molar-refractivity contribution is 9.10. The first-order valence-electron chi connectivity index (χ1n) is 6.28. The molecule has 0 N–H and O–H groups in total. The van der Waals surface area contributed by atoms with Gasteiger partial charge in [-0.15, -0.1) is 0 Å². The van der Waals surface area contributed by atoms with Crippen molar-refractivity contribution in [3.05, 3.63) is 15.9 Å². The molecule has 0 bridgehead atoms. The lowest BCUT2D eigenvalue weighted by molar-refractivity contribution is 0.310. The molecule has 96 valence electrons. The van der Waals surface area contributed by atoms with Crippen LogP contribution in [0, 0.1) is 11.3 Å². The molecule has 0 aliphatic heterocycles. The minimum absolute atomic E-state index is 0.376. The zero-order valence-corrected chi connectivity index (χ0v) is 13.9. The lowest BCUT2D eigenvalue weighted by Gasteiger charge is -2.27. The van der Waals surface area contributed by atoms with Crippen molar-refractivity contribution in [1.82, 2.24) is 9.78 Å². The van der Waals surface area contributed by atoms with E-state index in [-0.39, 0.29) is 0 Å². The van der Waals surface area contributed by atoms with Gasteiger partial charge in [0.15, 0.2) is 0 Å². The van der Waals surface area contributed by atoms with Crippen LogP contribution in [-0.2, 0) is 19.9 Å². The third kappa shape index (κ3) is 2.62. The lowest BCUT2D eigenvalue weighted by Crippen LogP contribution is -2.25. The second kappa shape index (κ2) is 5.04. The van der Waals surface area contributed by atoms with Gasteiger partial charge in [0.2, 0.25) is 0 Å². The van der Waals surface area contributed by atoms with E-state index in [1.54, 1.807) is 0 Å². The van der Waals surface area contributed by atoms with E-state index in [2.05, 4.69) is 57.9 Å². The molecule has 1 aromatic rings. The fraction of sp³-hybridized carbons (Fsp3) is 0.769. The van der Waals surface area contributed by atoms with Crippen molar-refractivity contribution < 1.29 is 0 Å². The van der Waals surface area contributed by atoms with E-state index in [1.165, 1.54) is 28.7 Å². The number of halogens is 2. The Morgan fingerprint density at radius 1 is 1.47 bits per heavy atom. The summed E-state index contributed by atoms with van der Waals surface area (Å²) in [5, 5.41) is 5.65. The summed E-state index contributed by atoms with van der Waals surface area (Å²) in [5.74, 6) is 0.883. The van der Waals surface area contributed by atoms with Crippen molar-refractivity contribution in [2.45, 2.75) is 39.5 Å². The third-order valence-corrected chi connectivity index (χ3v) is 6.14. The van der Waals surface area contributed by atoms with Gasteiger partial charge in [0.25, 0.3) is 0 Å². The van der Waals surface area contributed by atoms with Crippen LogP contribution in [0.3, 0.4) is 0 Å². The summed E-state index contributed by atoms with van der Waals surface area (Å²) in [7, 11) is 2.06. The third-order valence-electron chi connectivity index (χ3n) is 3.94. The topological polar surface area (TPSA) is 17.8 Å². The molecule has 1 saturated carbocycles. The number of hydrogen-bond donors (Lipinski definition) is 0. The maximum Gasteiger partial charge on any atom is 0.0766 e. The standard InChI is InChI=1S/C13H20Br2N2/c1-4-10-12(15)11(17(3)16-10)7-13(2,8-14)9-5-6-9/h9H,4-8H2,1-3H3. The summed E-state index contributed by atoms with van der Waals surface area (Å²) in [6.45, 7) is 4.55. The molecule has 1 aliphatic rings. The average Bonchev–Trinajstić information content (AvgIpc) is 3.12. The molecule has 0 aromatic carbocycles. The summed E-state index contributed by atoms with van der Waals surface area (Å²) in [4.78, 5) is 0. The second-order valence-corrected chi connectivity index (χ2v) is 6.78. The van der Waals surface area contributed by atoms with Gasteiger partial charge in [-0.05, 0) is 52.9 Å². The van der Waals surface area contributed by atoms with Crippen LogP contribution in [0.4, 0.5) is 0 Å². The van der Waals surface area contributed by atoms with E-state index < -0.39 is 0 Å². The molecule has 2 nitrogen and oxygen atoms in total. The predicted molar refractivity (Wildman–Crippen MR) is 78.6 cm³/mol. The number of hydrogen-bond acceptors (Lipinski definition) is 1. The maximum absolute atomic E-state index is 4.58. The number of aromatic nitrogens is 2. The molecule has 1 heterocycles. The zero-order chi connectivity index (χ0) is 12.6. The Labute approximate surface area is 120 Å². The molecule has 1 aromatic heterocycles. The number of alkyl halides is 1. The van der Waals surface area contributed by atoms with Crippen LogP contribution in [0.15, 0.2) is 4.47 Å². The Morgan fingerprint density at radius 2 is 2.12 bits per heavy atom. The van der Waals surface area contributed by atoms with Gasteiger partial charge in [-0.3, -0.25) is 4.68 Å². The molecular weight excluding hydrogens is 344 g/mol. The lowest BCUT2D eigenvalue weighted by atomic mass is 9.82. The largest absolute Gasteiger partial charge is 0.271 e. The molecule has 0 radical (unpaired) electrons. The highest BCUT2D eigenvalue weighted by Crippen LogP contribution is 2.49. The van der Waals surface area contributed by atoms with Crippen LogP contribution in [-0.4, -0.2) is 15.1 Å². The van der Waals surface area contributed by atoms with Crippen molar-refractivity contribution in [2.75, 3.05) is 5.33 Å². The predicted octanol–water partition coefficient (Wildman–Crippen LogP) is 4.10. The van der Waals surface area contributed by atoms with E-state index in [0.29, 0.717) is 5.41 Å². The van der Waals surface area contributed by atoms with E-state index in [4.69, 9.17) is 0 Å². The fourth-order valence-electron chi connectivity index (χ4n) is 2.48. The summed E-state index contributed by atoms with van der Waals surface area (Å²) in [6.07, 6.45) is 4.87. The van der Waals surface area contributed by atoms with Crippen molar-refractivity contribution in [1.29, 1.82) is 0 Å². The van der Waals surface area contributed by atoms with Crippen LogP contribution in [0.1, 0.15) is 38.1 Å². The number of aryl methyl sites for hydroxylation is 2. The Bertz CT molecular complexity index is 410. The average molecular weight is 364 g/mol. The van der Waals surface area contributed by atoms with Crippen molar-refractivity contribution in [3.63, 3.8) is 0 Å². The fourth-order valence-corrected chi connectivity index (χ4v) is 3.89. The van der Waals surface area contributed by atoms with Crippen LogP contribution in [0.25, 0.3) is 0 Å². The highest BCUT2D eigenvalue weighted by atomic mass is 79.9. The van der Waals surface area contributed by atoms with Crippen LogP contribution in [0.2, 0.25) is 0 Å². The van der Waals surface area contributed by atoms with E-state index >= 15 is 0 Å². The highest BCUT2D eigenvalue weighted by Gasteiger charge is 2.41. The Kier molecular flexibility index (Phi) is 4.03. The van der Waals surface area contributed by atoms with Crippen molar-refractivity contribution in [3.8, 4) is 0 Å². The molecule has 0 amide bonds. The number of nitrogens with zero attached hydrogens (tertiary/aromatic N) is 2. The first-order valence-corrected chi connectivity index (χ1v) is 8.19. The van der Waals surface area contributed by atoms with E-state index in [9.17, 15) is 0 Å². The quantitative estimate of drug-likeness (QED) is 0.720. The summed E-state index contributed by atoms with van der Waals surface area (Å²) < 4.78 is 3.27. The second-order valence-electron chi connectivity index (χ2n) is 5.42. The normalized spacial score (nSPS) is 19.4. The zero-order valence-electron chi connectivity index (χ0n) is 10.8. The summed E-state index contributed by atoms with van der Waals surface area (Å²) in [6, 6.07) is 0. The van der Waals surface area contributed by atoms with Gasteiger partial charge in [0.1, 0.15) is 0 Å². The monoisotopic (exact) mass is 362 g/mol. The molecule has 0 spiro atoms. The van der Waals surface area contributed by atoms with Crippen molar-refractivity contribution in [2.24, 2.45) is 18.4 Å².